The molecule has 3 heterocycles. The molecule has 1 atom stereocenters. The van der Waals surface area contributed by atoms with Crippen LogP contribution in [0.5, 0.6) is 0 Å². The van der Waals surface area contributed by atoms with Crippen molar-refractivity contribution in [2.24, 2.45) is 4.99 Å². The quantitative estimate of drug-likeness (QED) is 0.195. The maximum absolute atomic E-state index is 13.8. The highest BCUT2D eigenvalue weighted by molar-refractivity contribution is 7.92. The Morgan fingerprint density at radius 1 is 1.09 bits per heavy atom. The Labute approximate surface area is 255 Å². The summed E-state index contributed by atoms with van der Waals surface area (Å²) in [6.07, 6.45) is 12.2. The summed E-state index contributed by atoms with van der Waals surface area (Å²) in [6, 6.07) is 14.0. The molecule has 6 rings (SSSR count). The molecule has 0 radical (unpaired) electrons. The van der Waals surface area contributed by atoms with Gasteiger partial charge in [0.1, 0.15) is 28.5 Å². The first-order valence-corrected chi connectivity index (χ1v) is 16.2. The van der Waals surface area contributed by atoms with E-state index in [0.717, 1.165) is 78.6 Å². The zero-order chi connectivity index (χ0) is 30.0. The SMILES string of the molecule is CCCCC1=NC2(CCCC2)C(=O)N1Cc1ccc(-c2ccccc2[S+]([O-])Nc2noc(C)c2C)c(Cn2ccnc2)c1. The summed E-state index contributed by atoms with van der Waals surface area (Å²) in [6.45, 7) is 6.95. The minimum atomic E-state index is -1.58. The highest BCUT2D eigenvalue weighted by Gasteiger charge is 2.49. The van der Waals surface area contributed by atoms with Crippen molar-refractivity contribution in [2.75, 3.05) is 4.72 Å². The molecule has 1 fully saturated rings. The minimum Gasteiger partial charge on any atom is -0.588 e. The van der Waals surface area contributed by atoms with Crippen molar-refractivity contribution in [3.8, 4) is 11.1 Å². The van der Waals surface area contributed by atoms with E-state index in [-0.39, 0.29) is 5.91 Å². The lowest BCUT2D eigenvalue weighted by Crippen LogP contribution is -2.40. The lowest BCUT2D eigenvalue weighted by molar-refractivity contribution is -0.131. The third-order valence-electron chi connectivity index (χ3n) is 8.63. The van der Waals surface area contributed by atoms with Crippen LogP contribution in [0.1, 0.15) is 74.3 Å². The van der Waals surface area contributed by atoms with Gasteiger partial charge in [-0.05, 0) is 61.9 Å². The molecular weight excluding hydrogens is 560 g/mol. The number of hydrogen-bond donors (Lipinski definition) is 1. The number of aliphatic imine (C=N–C) groups is 1. The molecule has 2 aromatic carbocycles. The molecule has 0 bridgehead atoms. The molecule has 2 aromatic heterocycles. The van der Waals surface area contributed by atoms with Crippen LogP contribution in [-0.4, -0.2) is 41.4 Å². The molecule has 1 aliphatic carbocycles. The molecule has 1 spiro atoms. The zero-order valence-corrected chi connectivity index (χ0v) is 25.8. The van der Waals surface area contributed by atoms with Crippen LogP contribution >= 0.6 is 0 Å². The molecular formula is C33H38N6O3S. The minimum absolute atomic E-state index is 0.154. The lowest BCUT2D eigenvalue weighted by Gasteiger charge is -2.23. The van der Waals surface area contributed by atoms with Crippen LogP contribution in [0.25, 0.3) is 11.1 Å². The predicted molar refractivity (Wildman–Crippen MR) is 168 cm³/mol. The van der Waals surface area contributed by atoms with E-state index in [1.54, 1.807) is 12.5 Å². The first-order chi connectivity index (χ1) is 20.9. The first-order valence-electron chi connectivity index (χ1n) is 15.1. The van der Waals surface area contributed by atoms with Gasteiger partial charge in [-0.15, -0.1) is 0 Å². The lowest BCUT2D eigenvalue weighted by atomic mass is 9.96. The monoisotopic (exact) mass is 598 g/mol. The molecule has 1 aliphatic heterocycles. The molecule has 224 valence electrons. The van der Waals surface area contributed by atoms with E-state index < -0.39 is 16.9 Å². The number of amides is 1. The second-order valence-electron chi connectivity index (χ2n) is 11.6. The normalized spacial score (nSPS) is 16.7. The topological polar surface area (TPSA) is 112 Å². The second-order valence-corrected chi connectivity index (χ2v) is 12.7. The highest BCUT2D eigenvalue weighted by atomic mass is 32.2. The van der Waals surface area contributed by atoms with E-state index in [9.17, 15) is 9.35 Å². The van der Waals surface area contributed by atoms with Gasteiger partial charge >= 0.3 is 0 Å². The number of anilines is 1. The Morgan fingerprint density at radius 3 is 2.63 bits per heavy atom. The van der Waals surface area contributed by atoms with Gasteiger partial charge in [0.25, 0.3) is 5.91 Å². The van der Waals surface area contributed by atoms with Crippen LogP contribution in [0.15, 0.2) is 75.6 Å². The fourth-order valence-corrected chi connectivity index (χ4v) is 7.16. The molecule has 1 saturated carbocycles. The summed E-state index contributed by atoms with van der Waals surface area (Å²) in [7, 11) is 0. The zero-order valence-electron chi connectivity index (χ0n) is 25.0. The van der Waals surface area contributed by atoms with Crippen molar-refractivity contribution in [1.82, 2.24) is 19.6 Å². The Kier molecular flexibility index (Phi) is 8.41. The third kappa shape index (κ3) is 5.86. The molecule has 1 amide bonds. The molecule has 4 aromatic rings. The van der Waals surface area contributed by atoms with Crippen LogP contribution in [0, 0.1) is 13.8 Å². The van der Waals surface area contributed by atoms with Gasteiger partial charge < -0.3 is 13.6 Å². The second kappa shape index (κ2) is 12.4. The van der Waals surface area contributed by atoms with E-state index in [4.69, 9.17) is 9.52 Å². The number of benzene rings is 2. The van der Waals surface area contributed by atoms with E-state index in [0.29, 0.717) is 29.6 Å². The predicted octanol–water partition coefficient (Wildman–Crippen LogP) is 6.58. The molecule has 1 unspecified atom stereocenters. The number of nitrogens with one attached hydrogen (secondary N) is 1. The van der Waals surface area contributed by atoms with Crippen LogP contribution < -0.4 is 4.72 Å². The smallest absolute Gasteiger partial charge is 0.256 e. The number of unbranched alkanes of at least 4 members (excludes halogenated alkanes) is 1. The van der Waals surface area contributed by atoms with Gasteiger partial charge in [-0.2, -0.15) is 4.72 Å². The summed E-state index contributed by atoms with van der Waals surface area (Å²) in [5.41, 5.74) is 4.18. The largest absolute Gasteiger partial charge is 0.588 e. The van der Waals surface area contributed by atoms with Crippen molar-refractivity contribution in [1.29, 1.82) is 0 Å². The van der Waals surface area contributed by atoms with Gasteiger partial charge in [0.15, 0.2) is 4.90 Å². The maximum atomic E-state index is 13.8. The molecule has 9 nitrogen and oxygen atoms in total. The average Bonchev–Trinajstić information content (AvgIpc) is 3.82. The fourth-order valence-electron chi connectivity index (χ4n) is 6.10. The summed E-state index contributed by atoms with van der Waals surface area (Å²) in [4.78, 5) is 25.7. The van der Waals surface area contributed by atoms with Gasteiger partial charge in [-0.25, -0.2) is 4.98 Å². The number of amidine groups is 1. The number of rotatable bonds is 11. The Morgan fingerprint density at radius 2 is 1.91 bits per heavy atom. The molecule has 10 heteroatoms. The fraction of sp³-hybridized carbons (Fsp3) is 0.394. The molecule has 43 heavy (non-hydrogen) atoms. The van der Waals surface area contributed by atoms with Gasteiger partial charge in [0.05, 0.1) is 12.9 Å². The van der Waals surface area contributed by atoms with Crippen molar-refractivity contribution in [3.05, 3.63) is 83.6 Å². The summed E-state index contributed by atoms with van der Waals surface area (Å²) < 4.78 is 23.9. The van der Waals surface area contributed by atoms with Crippen LogP contribution in [-0.2, 0) is 29.2 Å². The molecule has 2 aliphatic rings. The van der Waals surface area contributed by atoms with E-state index in [2.05, 4.69) is 40.0 Å². The third-order valence-corrected chi connectivity index (χ3v) is 9.76. The number of aryl methyl sites for hydroxylation is 1. The number of aromatic nitrogens is 3. The van der Waals surface area contributed by atoms with Crippen LogP contribution in [0.2, 0.25) is 0 Å². The van der Waals surface area contributed by atoms with Crippen molar-refractivity contribution in [3.63, 3.8) is 0 Å². The Hall–Kier alpha value is -3.89. The van der Waals surface area contributed by atoms with Gasteiger partial charge in [0.2, 0.25) is 5.82 Å². The molecule has 0 saturated heterocycles. The number of imidazole rings is 1. The summed E-state index contributed by atoms with van der Waals surface area (Å²) in [5, 5.41) is 4.04. The van der Waals surface area contributed by atoms with Crippen molar-refractivity contribution >= 4 is 28.9 Å². The number of hydrogen-bond acceptors (Lipinski definition) is 7. The van der Waals surface area contributed by atoms with Crippen LogP contribution in [0.4, 0.5) is 5.82 Å². The Bertz CT molecular complexity index is 1620. The van der Waals surface area contributed by atoms with Crippen molar-refractivity contribution in [2.45, 2.75) is 89.2 Å². The summed E-state index contributed by atoms with van der Waals surface area (Å²) >= 11 is -1.58. The summed E-state index contributed by atoms with van der Waals surface area (Å²) in [5.74, 6) is 2.24. The molecule has 1 N–H and O–H groups in total. The Balaban J connectivity index is 1.34. The van der Waals surface area contributed by atoms with Crippen molar-refractivity contribution < 1.29 is 13.9 Å². The standard InChI is InChI=1S/C33H38N6O3S/c1-4-5-12-30-35-33(15-8-9-16-33)32(40)39(30)20-25-13-14-27(26(19-25)21-38-18-17-34-22-38)28-10-6-7-11-29(28)43(41)37-31-23(2)24(3)42-36-31/h6-7,10-11,13-14,17-19,22H,4-5,8-9,12,15-16,20-21H2,1-3H3,(H,36,37). The maximum Gasteiger partial charge on any atom is 0.256 e. The average molecular weight is 599 g/mol. The van der Waals surface area contributed by atoms with E-state index in [1.165, 1.54) is 0 Å². The van der Waals surface area contributed by atoms with Crippen LogP contribution in [0.3, 0.4) is 0 Å². The number of carbonyl (C=O) groups excluding carboxylic acids is 1. The van der Waals surface area contributed by atoms with Gasteiger partial charge in [-0.3, -0.25) is 14.7 Å². The van der Waals surface area contributed by atoms with E-state index in [1.807, 2.05) is 53.8 Å². The van der Waals surface area contributed by atoms with E-state index >= 15 is 0 Å². The van der Waals surface area contributed by atoms with Gasteiger partial charge in [-0.1, -0.05) is 61.7 Å². The number of carbonyl (C=O) groups is 1. The first kappa shape index (κ1) is 29.2. The van der Waals surface area contributed by atoms with Gasteiger partial charge in [0, 0.05) is 36.5 Å². The number of nitrogens with zero attached hydrogens (tertiary/aromatic N) is 5. The highest BCUT2D eigenvalue weighted by Crippen LogP contribution is 2.40.